The van der Waals surface area contributed by atoms with Gasteiger partial charge in [-0.1, -0.05) is 6.92 Å². The molecule has 1 unspecified atom stereocenters. The van der Waals surface area contributed by atoms with E-state index in [2.05, 4.69) is 22.2 Å². The lowest BCUT2D eigenvalue weighted by Gasteiger charge is -2.12. The van der Waals surface area contributed by atoms with E-state index in [1.165, 1.54) is 0 Å². The van der Waals surface area contributed by atoms with Crippen molar-refractivity contribution in [1.29, 1.82) is 0 Å². The fraction of sp³-hybridized carbons (Fsp3) is 0.600. The van der Waals surface area contributed by atoms with Gasteiger partial charge < -0.3 is 10.4 Å². The molecule has 1 atom stereocenters. The highest BCUT2D eigenvalue weighted by molar-refractivity contribution is 5.35. The molecule has 0 amide bonds. The third kappa shape index (κ3) is 3.30. The van der Waals surface area contributed by atoms with Crippen molar-refractivity contribution in [2.24, 2.45) is 0 Å². The zero-order valence-corrected chi connectivity index (χ0v) is 8.70. The van der Waals surface area contributed by atoms with Crippen molar-refractivity contribution in [1.82, 2.24) is 9.97 Å². The average Bonchev–Trinajstić information content (AvgIpc) is 2.18. The SMILES string of the molecule is CCc1cc(NC(C)CCO)ncn1. The maximum Gasteiger partial charge on any atom is 0.129 e. The Kier molecular flexibility index (Phi) is 4.32. The summed E-state index contributed by atoms with van der Waals surface area (Å²) >= 11 is 0. The number of aliphatic hydroxyl groups excluding tert-OH is 1. The molecule has 0 aliphatic heterocycles. The standard InChI is InChI=1S/C10H17N3O/c1-3-9-6-10(12-7-11-9)13-8(2)4-5-14/h6-8,14H,3-5H2,1-2H3,(H,11,12,13). The lowest BCUT2D eigenvalue weighted by atomic mass is 10.2. The molecule has 1 heterocycles. The quantitative estimate of drug-likeness (QED) is 0.741. The fourth-order valence-corrected chi connectivity index (χ4v) is 1.19. The maximum atomic E-state index is 8.74. The van der Waals surface area contributed by atoms with Crippen LogP contribution in [0.1, 0.15) is 26.0 Å². The average molecular weight is 195 g/mol. The van der Waals surface area contributed by atoms with Gasteiger partial charge in [0, 0.05) is 24.4 Å². The van der Waals surface area contributed by atoms with Crippen LogP contribution in [0, 0.1) is 0 Å². The topological polar surface area (TPSA) is 58.0 Å². The van der Waals surface area contributed by atoms with E-state index < -0.39 is 0 Å². The molecule has 0 fully saturated rings. The van der Waals surface area contributed by atoms with Crippen molar-refractivity contribution >= 4 is 5.82 Å². The Morgan fingerprint density at radius 3 is 2.93 bits per heavy atom. The second-order valence-electron chi connectivity index (χ2n) is 3.31. The molecule has 78 valence electrons. The molecule has 1 rings (SSSR count). The van der Waals surface area contributed by atoms with Crippen molar-refractivity contribution in [3.8, 4) is 0 Å². The van der Waals surface area contributed by atoms with E-state index in [1.807, 2.05) is 13.0 Å². The van der Waals surface area contributed by atoms with Crippen LogP contribution in [0.3, 0.4) is 0 Å². The number of hydrogen-bond donors (Lipinski definition) is 2. The van der Waals surface area contributed by atoms with Gasteiger partial charge in [-0.25, -0.2) is 9.97 Å². The number of nitrogens with one attached hydrogen (secondary N) is 1. The largest absolute Gasteiger partial charge is 0.396 e. The van der Waals surface area contributed by atoms with E-state index in [0.717, 1.165) is 24.4 Å². The van der Waals surface area contributed by atoms with Gasteiger partial charge in [0.2, 0.25) is 0 Å². The normalized spacial score (nSPS) is 12.5. The molecule has 1 aromatic rings. The van der Waals surface area contributed by atoms with E-state index in [0.29, 0.717) is 0 Å². The van der Waals surface area contributed by atoms with Crippen LogP contribution in [0.25, 0.3) is 0 Å². The minimum absolute atomic E-state index is 0.194. The number of anilines is 1. The Hall–Kier alpha value is -1.16. The predicted molar refractivity (Wildman–Crippen MR) is 56.2 cm³/mol. The lowest BCUT2D eigenvalue weighted by molar-refractivity contribution is 0.282. The molecule has 0 saturated heterocycles. The van der Waals surface area contributed by atoms with Gasteiger partial charge in [0.15, 0.2) is 0 Å². The van der Waals surface area contributed by atoms with Gasteiger partial charge in [0.1, 0.15) is 12.1 Å². The Morgan fingerprint density at radius 1 is 1.50 bits per heavy atom. The van der Waals surface area contributed by atoms with E-state index in [9.17, 15) is 0 Å². The summed E-state index contributed by atoms with van der Waals surface area (Å²) < 4.78 is 0. The van der Waals surface area contributed by atoms with Crippen LogP contribution in [0.5, 0.6) is 0 Å². The number of aryl methyl sites for hydroxylation is 1. The second-order valence-corrected chi connectivity index (χ2v) is 3.31. The summed E-state index contributed by atoms with van der Waals surface area (Å²) in [6.07, 6.45) is 3.20. The van der Waals surface area contributed by atoms with Crippen molar-refractivity contribution in [2.75, 3.05) is 11.9 Å². The highest BCUT2D eigenvalue weighted by Gasteiger charge is 2.02. The minimum atomic E-state index is 0.194. The van der Waals surface area contributed by atoms with Gasteiger partial charge in [-0.2, -0.15) is 0 Å². The van der Waals surface area contributed by atoms with Crippen molar-refractivity contribution in [2.45, 2.75) is 32.7 Å². The zero-order chi connectivity index (χ0) is 10.4. The number of hydrogen-bond acceptors (Lipinski definition) is 4. The molecule has 0 aromatic carbocycles. The van der Waals surface area contributed by atoms with Crippen LogP contribution in [0.15, 0.2) is 12.4 Å². The molecule has 14 heavy (non-hydrogen) atoms. The summed E-state index contributed by atoms with van der Waals surface area (Å²) in [6.45, 7) is 4.27. The molecule has 0 saturated carbocycles. The van der Waals surface area contributed by atoms with Gasteiger partial charge in [0.25, 0.3) is 0 Å². The van der Waals surface area contributed by atoms with E-state index >= 15 is 0 Å². The van der Waals surface area contributed by atoms with Gasteiger partial charge in [-0.15, -0.1) is 0 Å². The third-order valence-corrected chi connectivity index (χ3v) is 2.04. The summed E-state index contributed by atoms with van der Waals surface area (Å²) in [7, 11) is 0. The number of aliphatic hydroxyl groups is 1. The number of aromatic nitrogens is 2. The zero-order valence-electron chi connectivity index (χ0n) is 8.70. The first-order chi connectivity index (χ1) is 6.76. The molecule has 0 aliphatic carbocycles. The van der Waals surface area contributed by atoms with E-state index in [4.69, 9.17) is 5.11 Å². The maximum absolute atomic E-state index is 8.74. The summed E-state index contributed by atoms with van der Waals surface area (Å²) in [5.74, 6) is 0.831. The van der Waals surface area contributed by atoms with Gasteiger partial charge in [-0.3, -0.25) is 0 Å². The lowest BCUT2D eigenvalue weighted by Crippen LogP contribution is -2.17. The monoisotopic (exact) mass is 195 g/mol. The van der Waals surface area contributed by atoms with Crippen LogP contribution in [0.4, 0.5) is 5.82 Å². The summed E-state index contributed by atoms with van der Waals surface area (Å²) in [6, 6.07) is 2.17. The van der Waals surface area contributed by atoms with E-state index in [-0.39, 0.29) is 12.6 Å². The van der Waals surface area contributed by atoms with Crippen molar-refractivity contribution in [3.63, 3.8) is 0 Å². The number of rotatable bonds is 5. The number of nitrogens with zero attached hydrogens (tertiary/aromatic N) is 2. The Bertz CT molecular complexity index is 278. The second kappa shape index (κ2) is 5.54. The molecule has 2 N–H and O–H groups in total. The molecular weight excluding hydrogens is 178 g/mol. The van der Waals surface area contributed by atoms with Gasteiger partial charge in [-0.05, 0) is 19.8 Å². The van der Waals surface area contributed by atoms with Crippen molar-refractivity contribution < 1.29 is 5.11 Å². The van der Waals surface area contributed by atoms with Crippen LogP contribution < -0.4 is 5.32 Å². The fourth-order valence-electron chi connectivity index (χ4n) is 1.19. The highest BCUT2D eigenvalue weighted by Crippen LogP contribution is 2.07. The smallest absolute Gasteiger partial charge is 0.129 e. The molecule has 0 aliphatic rings. The van der Waals surface area contributed by atoms with Crippen LogP contribution >= 0.6 is 0 Å². The molecule has 0 bridgehead atoms. The minimum Gasteiger partial charge on any atom is -0.396 e. The molecule has 0 radical (unpaired) electrons. The molecular formula is C10H17N3O. The Balaban J connectivity index is 2.57. The third-order valence-electron chi connectivity index (χ3n) is 2.04. The first-order valence-electron chi connectivity index (χ1n) is 4.94. The highest BCUT2D eigenvalue weighted by atomic mass is 16.3. The molecule has 4 nitrogen and oxygen atoms in total. The summed E-state index contributed by atoms with van der Waals surface area (Å²) in [5.41, 5.74) is 1.03. The van der Waals surface area contributed by atoms with E-state index in [1.54, 1.807) is 6.33 Å². The van der Waals surface area contributed by atoms with Gasteiger partial charge in [0.05, 0.1) is 0 Å². The Labute approximate surface area is 84.4 Å². The first-order valence-corrected chi connectivity index (χ1v) is 4.94. The summed E-state index contributed by atoms with van der Waals surface area (Å²) in [4.78, 5) is 8.22. The molecule has 0 spiro atoms. The Morgan fingerprint density at radius 2 is 2.29 bits per heavy atom. The predicted octanol–water partition coefficient (Wildman–Crippen LogP) is 1.22. The van der Waals surface area contributed by atoms with Crippen LogP contribution in [-0.4, -0.2) is 27.7 Å². The first kappa shape index (κ1) is 10.9. The summed E-state index contributed by atoms with van der Waals surface area (Å²) in [5, 5.41) is 11.9. The van der Waals surface area contributed by atoms with Crippen LogP contribution in [0.2, 0.25) is 0 Å². The molecule has 1 aromatic heterocycles. The van der Waals surface area contributed by atoms with Gasteiger partial charge >= 0.3 is 0 Å². The molecule has 4 heteroatoms. The van der Waals surface area contributed by atoms with Crippen LogP contribution in [-0.2, 0) is 6.42 Å². The van der Waals surface area contributed by atoms with Crippen molar-refractivity contribution in [3.05, 3.63) is 18.1 Å².